The summed E-state index contributed by atoms with van der Waals surface area (Å²) in [5, 5.41) is 0.953. The van der Waals surface area contributed by atoms with Gasteiger partial charge in [0.2, 0.25) is 0 Å². The smallest absolute Gasteiger partial charge is 0.127 e. The van der Waals surface area contributed by atoms with Crippen LogP contribution in [0.2, 0.25) is 0 Å². The Labute approximate surface area is 74.4 Å². The minimum atomic E-state index is 0.428. The first-order valence-corrected chi connectivity index (χ1v) is 4.77. The van der Waals surface area contributed by atoms with Crippen LogP contribution in [0.3, 0.4) is 0 Å². The third-order valence-corrected chi connectivity index (χ3v) is 2.56. The molecule has 0 aliphatic carbocycles. The molecule has 0 saturated heterocycles. The Balaban J connectivity index is 2.19. The van der Waals surface area contributed by atoms with E-state index in [0.29, 0.717) is 6.04 Å². The van der Waals surface area contributed by atoms with Gasteiger partial charge in [-0.25, -0.2) is 0 Å². The van der Waals surface area contributed by atoms with Gasteiger partial charge in [0, 0.05) is 18.1 Å². The highest BCUT2D eigenvalue weighted by atomic mass is 79.9. The molecule has 0 unspecified atom stereocenters. The van der Waals surface area contributed by atoms with Crippen LogP contribution >= 0.6 is 15.9 Å². The van der Waals surface area contributed by atoms with Crippen LogP contribution in [0.4, 0.5) is 0 Å². The van der Waals surface area contributed by atoms with E-state index in [9.17, 15) is 0 Å². The summed E-state index contributed by atoms with van der Waals surface area (Å²) in [6.45, 7) is 1.02. The molecule has 0 fully saturated rings. The van der Waals surface area contributed by atoms with Crippen LogP contribution in [-0.2, 0) is 0 Å². The quantitative estimate of drug-likeness (QED) is 0.603. The maximum Gasteiger partial charge on any atom is 0.127 e. The van der Waals surface area contributed by atoms with Crippen molar-refractivity contribution < 1.29 is 0 Å². The molecule has 2 heterocycles. The molecule has 0 aromatic carbocycles. The fraction of sp³-hybridized carbons (Fsp3) is 0.375. The number of halogens is 1. The number of alkyl halides is 1. The number of hydrogen-bond acceptors (Lipinski definition) is 2. The molecular formula is C8H9BrN2. The van der Waals surface area contributed by atoms with Crippen LogP contribution in [0.15, 0.2) is 29.4 Å². The SMILES string of the molecule is BrC[C@H]1CN2C=CC=CC2=N1. The summed E-state index contributed by atoms with van der Waals surface area (Å²) >= 11 is 3.43. The van der Waals surface area contributed by atoms with Gasteiger partial charge in [-0.15, -0.1) is 0 Å². The van der Waals surface area contributed by atoms with E-state index in [0.717, 1.165) is 17.7 Å². The van der Waals surface area contributed by atoms with E-state index < -0.39 is 0 Å². The van der Waals surface area contributed by atoms with Crippen LogP contribution in [0.5, 0.6) is 0 Å². The zero-order chi connectivity index (χ0) is 7.68. The zero-order valence-electron chi connectivity index (χ0n) is 6.07. The van der Waals surface area contributed by atoms with Crippen molar-refractivity contribution in [3.05, 3.63) is 24.4 Å². The van der Waals surface area contributed by atoms with Crippen molar-refractivity contribution >= 4 is 21.8 Å². The molecule has 0 N–H and O–H groups in total. The van der Waals surface area contributed by atoms with E-state index in [1.807, 2.05) is 18.2 Å². The topological polar surface area (TPSA) is 15.6 Å². The summed E-state index contributed by atoms with van der Waals surface area (Å²) in [7, 11) is 0. The summed E-state index contributed by atoms with van der Waals surface area (Å²) < 4.78 is 0. The average Bonchev–Trinajstić information content (AvgIpc) is 2.46. The first kappa shape index (κ1) is 7.10. The molecule has 0 spiro atoms. The van der Waals surface area contributed by atoms with Crippen molar-refractivity contribution in [3.63, 3.8) is 0 Å². The van der Waals surface area contributed by atoms with Gasteiger partial charge in [0.15, 0.2) is 0 Å². The molecule has 1 atom stereocenters. The van der Waals surface area contributed by atoms with E-state index in [1.54, 1.807) is 0 Å². The molecule has 2 aliphatic rings. The molecule has 58 valence electrons. The van der Waals surface area contributed by atoms with Gasteiger partial charge in [0.1, 0.15) is 5.84 Å². The summed E-state index contributed by atoms with van der Waals surface area (Å²) in [6.07, 6.45) is 8.17. The summed E-state index contributed by atoms with van der Waals surface area (Å²) in [5.74, 6) is 1.09. The molecule has 2 rings (SSSR count). The third kappa shape index (κ3) is 1.25. The van der Waals surface area contributed by atoms with Crippen LogP contribution in [0, 0.1) is 0 Å². The molecule has 0 saturated carbocycles. The predicted octanol–water partition coefficient (Wildman–Crippen LogP) is 1.55. The molecule has 11 heavy (non-hydrogen) atoms. The van der Waals surface area contributed by atoms with Crippen molar-refractivity contribution in [2.24, 2.45) is 4.99 Å². The molecule has 0 bridgehead atoms. The normalized spacial score (nSPS) is 27.2. The standard InChI is InChI=1S/C8H9BrN2/c9-5-7-6-11-4-2-1-3-8(11)10-7/h1-4,7H,5-6H2/t7-/m0/s1. The molecular weight excluding hydrogens is 204 g/mol. The van der Waals surface area contributed by atoms with Crippen molar-refractivity contribution in [3.8, 4) is 0 Å². The lowest BCUT2D eigenvalue weighted by atomic mass is 10.3. The van der Waals surface area contributed by atoms with Crippen LogP contribution in [-0.4, -0.2) is 28.7 Å². The van der Waals surface area contributed by atoms with Gasteiger partial charge >= 0.3 is 0 Å². The van der Waals surface area contributed by atoms with Crippen molar-refractivity contribution in [1.29, 1.82) is 0 Å². The Hall–Kier alpha value is -0.570. The highest BCUT2D eigenvalue weighted by molar-refractivity contribution is 9.09. The summed E-state index contributed by atoms with van der Waals surface area (Å²) in [4.78, 5) is 6.66. The zero-order valence-corrected chi connectivity index (χ0v) is 7.66. The lowest BCUT2D eigenvalue weighted by Gasteiger charge is -2.15. The highest BCUT2D eigenvalue weighted by Crippen LogP contribution is 2.14. The van der Waals surface area contributed by atoms with Gasteiger partial charge in [-0.1, -0.05) is 22.0 Å². The molecule has 0 aromatic rings. The molecule has 2 nitrogen and oxygen atoms in total. The number of amidine groups is 1. The first-order valence-electron chi connectivity index (χ1n) is 3.65. The van der Waals surface area contributed by atoms with Crippen LogP contribution in [0.1, 0.15) is 0 Å². The molecule has 0 amide bonds. The van der Waals surface area contributed by atoms with Gasteiger partial charge in [0.05, 0.1) is 6.04 Å². The van der Waals surface area contributed by atoms with E-state index in [-0.39, 0.29) is 0 Å². The molecule has 3 heteroatoms. The maximum atomic E-state index is 4.49. The van der Waals surface area contributed by atoms with Crippen molar-refractivity contribution in [2.75, 3.05) is 11.9 Å². The molecule has 0 aromatic heterocycles. The van der Waals surface area contributed by atoms with E-state index >= 15 is 0 Å². The number of fused-ring (bicyclic) bond motifs is 1. The number of rotatable bonds is 1. The number of aliphatic imine (C=N–C) groups is 1. The summed E-state index contributed by atoms with van der Waals surface area (Å²) in [6, 6.07) is 0.428. The molecule has 2 aliphatic heterocycles. The average molecular weight is 213 g/mol. The van der Waals surface area contributed by atoms with E-state index in [1.165, 1.54) is 0 Å². The Bertz CT molecular complexity index is 242. The Kier molecular flexibility index (Phi) is 1.82. The lowest BCUT2D eigenvalue weighted by molar-refractivity contribution is 0.562. The van der Waals surface area contributed by atoms with Gasteiger partial charge in [0.25, 0.3) is 0 Å². The van der Waals surface area contributed by atoms with Crippen LogP contribution in [0.25, 0.3) is 0 Å². The number of nitrogens with zero attached hydrogens (tertiary/aromatic N) is 2. The fourth-order valence-electron chi connectivity index (χ4n) is 1.28. The van der Waals surface area contributed by atoms with E-state index in [4.69, 9.17) is 0 Å². The molecule has 0 radical (unpaired) electrons. The van der Waals surface area contributed by atoms with Gasteiger partial charge in [-0.05, 0) is 12.2 Å². The second-order valence-corrected chi connectivity index (χ2v) is 3.30. The van der Waals surface area contributed by atoms with Crippen molar-refractivity contribution in [2.45, 2.75) is 6.04 Å². The lowest BCUT2D eigenvalue weighted by Crippen LogP contribution is -2.24. The second kappa shape index (κ2) is 2.81. The number of allylic oxidation sites excluding steroid dienone is 2. The third-order valence-electron chi connectivity index (χ3n) is 1.82. The predicted molar refractivity (Wildman–Crippen MR) is 50.0 cm³/mol. The second-order valence-electron chi connectivity index (χ2n) is 2.65. The monoisotopic (exact) mass is 212 g/mol. The van der Waals surface area contributed by atoms with Gasteiger partial charge < -0.3 is 4.90 Å². The number of hydrogen-bond donors (Lipinski definition) is 0. The first-order chi connectivity index (χ1) is 5.40. The minimum Gasteiger partial charge on any atom is -0.331 e. The summed E-state index contributed by atoms with van der Waals surface area (Å²) in [5.41, 5.74) is 0. The Morgan fingerprint density at radius 1 is 1.64 bits per heavy atom. The highest BCUT2D eigenvalue weighted by Gasteiger charge is 2.21. The maximum absolute atomic E-state index is 4.49. The Morgan fingerprint density at radius 2 is 2.55 bits per heavy atom. The fourth-order valence-corrected chi connectivity index (χ4v) is 1.63. The van der Waals surface area contributed by atoms with Crippen molar-refractivity contribution in [1.82, 2.24) is 4.90 Å². The minimum absolute atomic E-state index is 0.428. The van der Waals surface area contributed by atoms with Gasteiger partial charge in [-0.2, -0.15) is 0 Å². The Morgan fingerprint density at radius 3 is 3.27 bits per heavy atom. The van der Waals surface area contributed by atoms with E-state index in [2.05, 4.69) is 32.0 Å². The van der Waals surface area contributed by atoms with Crippen LogP contribution < -0.4 is 0 Å². The van der Waals surface area contributed by atoms with Gasteiger partial charge in [-0.3, -0.25) is 4.99 Å². The largest absolute Gasteiger partial charge is 0.331 e.